The lowest BCUT2D eigenvalue weighted by Crippen LogP contribution is -2.13. The second kappa shape index (κ2) is 5.78. The molecule has 1 amide bonds. The van der Waals surface area contributed by atoms with E-state index in [-0.39, 0.29) is 5.91 Å². The first-order valence-electron chi connectivity index (χ1n) is 7.96. The molecular formula is C20H15N3O. The number of carbonyl (C=O) groups is 1. The van der Waals surface area contributed by atoms with Gasteiger partial charge >= 0.3 is 0 Å². The van der Waals surface area contributed by atoms with E-state index in [0.29, 0.717) is 22.7 Å². The molecular weight excluding hydrogens is 298 g/mol. The van der Waals surface area contributed by atoms with Gasteiger partial charge in [0.25, 0.3) is 5.91 Å². The van der Waals surface area contributed by atoms with Crippen molar-refractivity contribution in [3.8, 4) is 6.07 Å². The van der Waals surface area contributed by atoms with E-state index in [9.17, 15) is 4.79 Å². The molecule has 116 valence electrons. The van der Waals surface area contributed by atoms with E-state index in [0.717, 1.165) is 29.4 Å². The topological polar surface area (TPSA) is 65.8 Å². The molecule has 4 heteroatoms. The van der Waals surface area contributed by atoms with Gasteiger partial charge in [-0.2, -0.15) is 5.26 Å². The molecule has 3 aromatic rings. The van der Waals surface area contributed by atoms with E-state index in [1.165, 1.54) is 0 Å². The van der Waals surface area contributed by atoms with Crippen LogP contribution in [0.4, 0.5) is 5.69 Å². The highest BCUT2D eigenvalue weighted by atomic mass is 16.1. The smallest absolute Gasteiger partial charge is 0.256 e. The Labute approximate surface area is 139 Å². The highest BCUT2D eigenvalue weighted by molar-refractivity contribution is 6.12. The van der Waals surface area contributed by atoms with Crippen molar-refractivity contribution in [2.75, 3.05) is 5.32 Å². The first-order valence-corrected chi connectivity index (χ1v) is 7.96. The Kier molecular flexibility index (Phi) is 3.47. The number of anilines is 1. The molecule has 0 spiro atoms. The zero-order valence-corrected chi connectivity index (χ0v) is 13.0. The number of nitrogens with zero attached hydrogens (tertiary/aromatic N) is 2. The average molecular weight is 313 g/mol. The molecule has 24 heavy (non-hydrogen) atoms. The second-order valence-corrected chi connectivity index (χ2v) is 6.03. The van der Waals surface area contributed by atoms with Gasteiger partial charge in [-0.15, -0.1) is 0 Å². The summed E-state index contributed by atoms with van der Waals surface area (Å²) in [6.07, 6.45) is 2.27. The quantitative estimate of drug-likeness (QED) is 0.786. The summed E-state index contributed by atoms with van der Waals surface area (Å²) in [7, 11) is 0. The molecule has 1 heterocycles. The molecule has 2 aromatic carbocycles. The van der Waals surface area contributed by atoms with Crippen LogP contribution in [0.15, 0.2) is 54.6 Å². The Hall–Kier alpha value is -3.19. The number of hydrogen-bond donors (Lipinski definition) is 1. The Morgan fingerprint density at radius 3 is 2.75 bits per heavy atom. The van der Waals surface area contributed by atoms with E-state index in [2.05, 4.69) is 11.4 Å². The number of nitriles is 1. The highest BCUT2D eigenvalue weighted by Gasteiger charge is 2.26. The molecule has 1 aromatic heterocycles. The van der Waals surface area contributed by atoms with Crippen LogP contribution in [0.1, 0.15) is 40.4 Å². The Bertz CT molecular complexity index is 984. The summed E-state index contributed by atoms with van der Waals surface area (Å²) in [6, 6.07) is 18.6. The van der Waals surface area contributed by atoms with E-state index < -0.39 is 0 Å². The third kappa shape index (κ3) is 2.72. The van der Waals surface area contributed by atoms with Crippen molar-refractivity contribution in [1.82, 2.24) is 4.98 Å². The number of aromatic nitrogens is 1. The SMILES string of the molecule is N#Cc1cccc(NC(=O)c2cc(C3CC3)nc3ccccc23)c1. The van der Waals surface area contributed by atoms with Crippen LogP contribution in [0.3, 0.4) is 0 Å². The molecule has 4 nitrogen and oxygen atoms in total. The fraction of sp³-hybridized carbons (Fsp3) is 0.150. The fourth-order valence-electron chi connectivity index (χ4n) is 2.84. The lowest BCUT2D eigenvalue weighted by molar-refractivity contribution is 0.102. The maximum atomic E-state index is 12.8. The first-order chi connectivity index (χ1) is 11.7. The predicted molar refractivity (Wildman–Crippen MR) is 92.8 cm³/mol. The summed E-state index contributed by atoms with van der Waals surface area (Å²) in [5.74, 6) is 0.300. The van der Waals surface area contributed by atoms with Gasteiger partial charge in [-0.3, -0.25) is 9.78 Å². The molecule has 1 aliphatic carbocycles. The summed E-state index contributed by atoms with van der Waals surface area (Å²) in [5.41, 5.74) is 3.60. The monoisotopic (exact) mass is 313 g/mol. The van der Waals surface area contributed by atoms with Crippen molar-refractivity contribution < 1.29 is 4.79 Å². The van der Waals surface area contributed by atoms with Crippen LogP contribution in [-0.2, 0) is 0 Å². The molecule has 0 unspecified atom stereocenters. The summed E-state index contributed by atoms with van der Waals surface area (Å²) in [6.45, 7) is 0. The van der Waals surface area contributed by atoms with Crippen LogP contribution < -0.4 is 5.32 Å². The zero-order valence-electron chi connectivity index (χ0n) is 13.0. The number of carbonyl (C=O) groups excluding carboxylic acids is 1. The molecule has 4 rings (SSSR count). The van der Waals surface area contributed by atoms with Gasteiger partial charge in [0.15, 0.2) is 0 Å². The molecule has 0 radical (unpaired) electrons. The van der Waals surface area contributed by atoms with Gasteiger partial charge in [0.05, 0.1) is 22.7 Å². The van der Waals surface area contributed by atoms with E-state index in [1.54, 1.807) is 24.3 Å². The Morgan fingerprint density at radius 2 is 1.96 bits per heavy atom. The second-order valence-electron chi connectivity index (χ2n) is 6.03. The minimum Gasteiger partial charge on any atom is -0.322 e. The van der Waals surface area contributed by atoms with Crippen molar-refractivity contribution in [3.63, 3.8) is 0 Å². The average Bonchev–Trinajstić information content (AvgIpc) is 3.46. The number of amides is 1. The molecule has 1 saturated carbocycles. The van der Waals surface area contributed by atoms with Gasteiger partial charge in [-0.25, -0.2) is 0 Å². The highest BCUT2D eigenvalue weighted by Crippen LogP contribution is 2.40. The van der Waals surface area contributed by atoms with Gasteiger partial charge in [0.2, 0.25) is 0 Å². The number of rotatable bonds is 3. The minimum absolute atomic E-state index is 0.175. The van der Waals surface area contributed by atoms with Crippen LogP contribution in [0.5, 0.6) is 0 Å². The van der Waals surface area contributed by atoms with Crippen LogP contribution in [0.2, 0.25) is 0 Å². The van der Waals surface area contributed by atoms with E-state index >= 15 is 0 Å². The van der Waals surface area contributed by atoms with Crippen molar-refractivity contribution in [2.24, 2.45) is 0 Å². The maximum Gasteiger partial charge on any atom is 0.256 e. The maximum absolute atomic E-state index is 12.8. The molecule has 0 aliphatic heterocycles. The summed E-state index contributed by atoms with van der Waals surface area (Å²) in [4.78, 5) is 17.5. The molecule has 1 N–H and O–H groups in total. The first kappa shape index (κ1) is 14.4. The Balaban J connectivity index is 1.74. The lowest BCUT2D eigenvalue weighted by Gasteiger charge is -2.10. The minimum atomic E-state index is -0.175. The molecule has 1 aliphatic rings. The lowest BCUT2D eigenvalue weighted by atomic mass is 10.1. The van der Waals surface area contributed by atoms with Gasteiger partial charge in [0.1, 0.15) is 0 Å². The third-order valence-corrected chi connectivity index (χ3v) is 4.23. The third-order valence-electron chi connectivity index (χ3n) is 4.23. The number of hydrogen-bond acceptors (Lipinski definition) is 3. The molecule has 0 saturated heterocycles. The standard InChI is InChI=1S/C20H15N3O/c21-12-13-4-3-5-15(10-13)22-20(24)17-11-19(14-8-9-14)23-18-7-2-1-6-16(17)18/h1-7,10-11,14H,8-9H2,(H,22,24). The van der Waals surface area contributed by atoms with Crippen LogP contribution in [-0.4, -0.2) is 10.9 Å². The van der Waals surface area contributed by atoms with Crippen molar-refractivity contribution in [3.05, 3.63) is 71.4 Å². The molecule has 0 bridgehead atoms. The number of benzene rings is 2. The van der Waals surface area contributed by atoms with Crippen LogP contribution in [0.25, 0.3) is 10.9 Å². The Morgan fingerprint density at radius 1 is 1.12 bits per heavy atom. The number of nitrogens with one attached hydrogen (secondary N) is 1. The summed E-state index contributed by atoms with van der Waals surface area (Å²) >= 11 is 0. The largest absolute Gasteiger partial charge is 0.322 e. The van der Waals surface area contributed by atoms with Crippen molar-refractivity contribution >= 4 is 22.5 Å². The van der Waals surface area contributed by atoms with Gasteiger partial charge in [-0.05, 0) is 43.2 Å². The van der Waals surface area contributed by atoms with Gasteiger partial charge < -0.3 is 5.32 Å². The zero-order chi connectivity index (χ0) is 16.5. The number of pyridine rings is 1. The fourth-order valence-corrected chi connectivity index (χ4v) is 2.84. The number of para-hydroxylation sites is 1. The molecule has 0 atom stereocenters. The van der Waals surface area contributed by atoms with Crippen LogP contribution in [0, 0.1) is 11.3 Å². The predicted octanol–water partition coefficient (Wildman–Crippen LogP) is 4.24. The number of fused-ring (bicyclic) bond motifs is 1. The van der Waals surface area contributed by atoms with E-state index in [1.807, 2.05) is 30.3 Å². The molecule has 1 fully saturated rings. The van der Waals surface area contributed by atoms with Crippen LogP contribution >= 0.6 is 0 Å². The summed E-state index contributed by atoms with van der Waals surface area (Å²) in [5, 5.41) is 12.7. The van der Waals surface area contributed by atoms with Crippen molar-refractivity contribution in [2.45, 2.75) is 18.8 Å². The normalized spacial score (nSPS) is 13.5. The van der Waals surface area contributed by atoms with Crippen molar-refractivity contribution in [1.29, 1.82) is 5.26 Å². The van der Waals surface area contributed by atoms with Gasteiger partial charge in [-0.1, -0.05) is 24.3 Å². The summed E-state index contributed by atoms with van der Waals surface area (Å²) < 4.78 is 0. The van der Waals surface area contributed by atoms with E-state index in [4.69, 9.17) is 10.2 Å². The van der Waals surface area contributed by atoms with Gasteiger partial charge in [0, 0.05) is 22.7 Å².